The minimum absolute atomic E-state index is 0.178. The summed E-state index contributed by atoms with van der Waals surface area (Å²) in [6.45, 7) is 5.08. The molecular weight excluding hydrogens is 292 g/mol. The average molecular weight is 320 g/mol. The van der Waals surface area contributed by atoms with Crippen molar-refractivity contribution in [3.05, 3.63) is 23.8 Å². The van der Waals surface area contributed by atoms with Crippen molar-refractivity contribution >= 4 is 5.91 Å². The second kappa shape index (κ2) is 8.77. The van der Waals surface area contributed by atoms with Gasteiger partial charge in [-0.2, -0.15) is 0 Å². The quantitative estimate of drug-likeness (QED) is 0.837. The maximum atomic E-state index is 12.3. The van der Waals surface area contributed by atoms with E-state index in [1.807, 2.05) is 37.1 Å². The summed E-state index contributed by atoms with van der Waals surface area (Å²) in [5, 5.41) is 3.20. The summed E-state index contributed by atoms with van der Waals surface area (Å²) in [7, 11) is 3.59. The van der Waals surface area contributed by atoms with Crippen molar-refractivity contribution < 1.29 is 14.3 Å². The van der Waals surface area contributed by atoms with E-state index in [1.54, 1.807) is 7.11 Å². The molecule has 1 aliphatic heterocycles. The first-order chi connectivity index (χ1) is 11.1. The highest BCUT2D eigenvalue weighted by atomic mass is 16.5. The van der Waals surface area contributed by atoms with Crippen molar-refractivity contribution in [1.29, 1.82) is 0 Å². The maximum absolute atomic E-state index is 12.3. The van der Waals surface area contributed by atoms with E-state index in [-0.39, 0.29) is 5.91 Å². The van der Waals surface area contributed by atoms with Gasteiger partial charge in [0.15, 0.2) is 11.5 Å². The molecule has 1 aromatic rings. The van der Waals surface area contributed by atoms with E-state index in [1.165, 1.54) is 6.42 Å². The number of piperidine rings is 1. The summed E-state index contributed by atoms with van der Waals surface area (Å²) in [6.07, 6.45) is 2.69. The van der Waals surface area contributed by atoms with Gasteiger partial charge in [-0.05, 0) is 57.0 Å². The van der Waals surface area contributed by atoms with Crippen LogP contribution in [0, 0.1) is 12.8 Å². The molecule has 1 aliphatic rings. The monoisotopic (exact) mass is 320 g/mol. The Morgan fingerprint density at radius 3 is 2.96 bits per heavy atom. The zero-order chi connectivity index (χ0) is 16.7. The molecule has 23 heavy (non-hydrogen) atoms. The van der Waals surface area contributed by atoms with Gasteiger partial charge in [-0.1, -0.05) is 6.07 Å². The van der Waals surface area contributed by atoms with Crippen LogP contribution in [-0.2, 0) is 4.79 Å². The lowest BCUT2D eigenvalue weighted by Crippen LogP contribution is -2.42. The first-order valence-electron chi connectivity index (χ1n) is 8.34. The summed E-state index contributed by atoms with van der Waals surface area (Å²) in [4.78, 5) is 14.3. The molecule has 2 rings (SSSR count). The zero-order valence-corrected chi connectivity index (χ0v) is 14.4. The third kappa shape index (κ3) is 5.13. The van der Waals surface area contributed by atoms with Crippen molar-refractivity contribution in [3.8, 4) is 11.5 Å². The molecule has 1 N–H and O–H groups in total. The van der Waals surface area contributed by atoms with Crippen LogP contribution in [0.1, 0.15) is 24.8 Å². The molecular formula is C18H28N2O3. The molecule has 1 aromatic carbocycles. The molecule has 0 spiro atoms. The van der Waals surface area contributed by atoms with Gasteiger partial charge in [0, 0.05) is 13.1 Å². The predicted molar refractivity (Wildman–Crippen MR) is 91.1 cm³/mol. The summed E-state index contributed by atoms with van der Waals surface area (Å²) >= 11 is 0. The van der Waals surface area contributed by atoms with E-state index in [4.69, 9.17) is 9.47 Å². The number of carbonyl (C=O) groups is 1. The normalized spacial score (nSPS) is 17.9. The van der Waals surface area contributed by atoms with Gasteiger partial charge >= 0.3 is 0 Å². The number of aryl methyl sites for hydroxylation is 1. The summed E-state index contributed by atoms with van der Waals surface area (Å²) in [6, 6.07) is 5.80. The molecule has 1 saturated heterocycles. The number of nitrogens with zero attached hydrogens (tertiary/aromatic N) is 1. The number of benzene rings is 1. The fourth-order valence-corrected chi connectivity index (χ4v) is 3.05. The third-order valence-electron chi connectivity index (χ3n) is 4.26. The smallest absolute Gasteiger partial charge is 0.226 e. The van der Waals surface area contributed by atoms with Crippen molar-refractivity contribution in [3.63, 3.8) is 0 Å². The van der Waals surface area contributed by atoms with Crippen LogP contribution in [0.3, 0.4) is 0 Å². The molecule has 1 amide bonds. The van der Waals surface area contributed by atoms with Crippen LogP contribution in [0.15, 0.2) is 18.2 Å². The summed E-state index contributed by atoms with van der Waals surface area (Å²) in [5.74, 6) is 2.15. The van der Waals surface area contributed by atoms with Gasteiger partial charge < -0.3 is 19.7 Å². The molecule has 0 radical (unpaired) electrons. The van der Waals surface area contributed by atoms with E-state index >= 15 is 0 Å². The molecule has 0 saturated carbocycles. The largest absolute Gasteiger partial charge is 0.493 e. The fraction of sp³-hybridized carbons (Fsp3) is 0.611. The zero-order valence-electron chi connectivity index (χ0n) is 14.4. The second-order valence-corrected chi connectivity index (χ2v) is 6.16. The van der Waals surface area contributed by atoms with Gasteiger partial charge in [-0.25, -0.2) is 0 Å². The van der Waals surface area contributed by atoms with Crippen LogP contribution in [-0.4, -0.2) is 51.2 Å². The Balaban J connectivity index is 1.80. The topological polar surface area (TPSA) is 50.8 Å². The first kappa shape index (κ1) is 17.6. The molecule has 5 nitrogen and oxygen atoms in total. The number of nitrogens with one attached hydrogen (secondary N) is 1. The Labute approximate surface area is 139 Å². The summed E-state index contributed by atoms with van der Waals surface area (Å²) in [5.41, 5.74) is 1.12. The van der Waals surface area contributed by atoms with E-state index in [2.05, 4.69) is 5.32 Å². The molecule has 1 atom stereocenters. The fourth-order valence-electron chi connectivity index (χ4n) is 3.05. The highest BCUT2D eigenvalue weighted by Gasteiger charge is 2.23. The Hall–Kier alpha value is -1.75. The number of carbonyl (C=O) groups excluding carboxylic acids is 1. The van der Waals surface area contributed by atoms with Gasteiger partial charge in [0.05, 0.1) is 20.1 Å². The Bertz CT molecular complexity index is 517. The highest BCUT2D eigenvalue weighted by molar-refractivity contribution is 5.76. The minimum Gasteiger partial charge on any atom is -0.493 e. The summed E-state index contributed by atoms with van der Waals surface area (Å²) < 4.78 is 11.0. The molecule has 128 valence electrons. The van der Waals surface area contributed by atoms with Crippen LogP contribution in [0.5, 0.6) is 11.5 Å². The molecule has 0 unspecified atom stereocenters. The predicted octanol–water partition coefficient (Wildman–Crippen LogP) is 2.23. The van der Waals surface area contributed by atoms with Crippen LogP contribution < -0.4 is 14.8 Å². The molecule has 0 aliphatic carbocycles. The van der Waals surface area contributed by atoms with Gasteiger partial charge in [-0.3, -0.25) is 4.79 Å². The van der Waals surface area contributed by atoms with Gasteiger partial charge in [0.25, 0.3) is 0 Å². The van der Waals surface area contributed by atoms with E-state index in [0.29, 0.717) is 30.4 Å². The van der Waals surface area contributed by atoms with Crippen LogP contribution in [0.4, 0.5) is 0 Å². The molecule has 5 heteroatoms. The van der Waals surface area contributed by atoms with Gasteiger partial charge in [0.1, 0.15) is 0 Å². The van der Waals surface area contributed by atoms with Crippen molar-refractivity contribution in [2.24, 2.45) is 5.92 Å². The standard InChI is InChI=1S/C18H28N2O3/c1-14-6-7-16(17(11-14)22-3)23-10-8-18(21)20-9-4-5-15(13-20)12-19-2/h6-7,11,15,19H,4-5,8-10,12-13H2,1-3H3/t15-/m0/s1. The number of amides is 1. The number of hydrogen-bond acceptors (Lipinski definition) is 4. The number of likely N-dealkylation sites (tertiary alicyclic amines) is 1. The van der Waals surface area contributed by atoms with Gasteiger partial charge in [0.2, 0.25) is 5.91 Å². The Morgan fingerprint density at radius 1 is 1.39 bits per heavy atom. The third-order valence-corrected chi connectivity index (χ3v) is 4.26. The van der Waals surface area contributed by atoms with E-state index in [0.717, 1.165) is 31.6 Å². The van der Waals surface area contributed by atoms with Crippen LogP contribution >= 0.6 is 0 Å². The SMILES string of the molecule is CNC[C@@H]1CCCN(C(=O)CCOc2ccc(C)cc2OC)C1. The van der Waals surface area contributed by atoms with E-state index < -0.39 is 0 Å². The number of rotatable bonds is 7. The molecule has 1 heterocycles. The Morgan fingerprint density at radius 2 is 2.22 bits per heavy atom. The van der Waals surface area contributed by atoms with Crippen molar-refractivity contribution in [2.75, 3.05) is 40.4 Å². The molecule has 0 bridgehead atoms. The van der Waals surface area contributed by atoms with Gasteiger partial charge in [-0.15, -0.1) is 0 Å². The average Bonchev–Trinajstić information content (AvgIpc) is 2.56. The van der Waals surface area contributed by atoms with Crippen LogP contribution in [0.2, 0.25) is 0 Å². The Kier molecular flexibility index (Phi) is 6.71. The molecule has 1 fully saturated rings. The lowest BCUT2D eigenvalue weighted by molar-refractivity contribution is -0.133. The molecule has 0 aromatic heterocycles. The number of ether oxygens (including phenoxy) is 2. The van der Waals surface area contributed by atoms with E-state index in [9.17, 15) is 4.79 Å². The minimum atomic E-state index is 0.178. The number of hydrogen-bond donors (Lipinski definition) is 1. The lowest BCUT2D eigenvalue weighted by Gasteiger charge is -2.32. The van der Waals surface area contributed by atoms with Crippen molar-refractivity contribution in [2.45, 2.75) is 26.2 Å². The first-order valence-corrected chi connectivity index (χ1v) is 8.34. The maximum Gasteiger partial charge on any atom is 0.226 e. The number of methoxy groups -OCH3 is 1. The van der Waals surface area contributed by atoms with Crippen molar-refractivity contribution in [1.82, 2.24) is 10.2 Å². The highest BCUT2D eigenvalue weighted by Crippen LogP contribution is 2.27. The lowest BCUT2D eigenvalue weighted by atomic mass is 9.98. The van der Waals surface area contributed by atoms with Crippen LogP contribution in [0.25, 0.3) is 0 Å². The second-order valence-electron chi connectivity index (χ2n) is 6.16.